The Labute approximate surface area is 192 Å². The summed E-state index contributed by atoms with van der Waals surface area (Å²) in [6.07, 6.45) is 0.165. The third-order valence-electron chi connectivity index (χ3n) is 6.16. The molecule has 5 rings (SSSR count). The number of hydrogen-bond acceptors (Lipinski definition) is 3. The number of benzene rings is 2. The number of nitrogens with zero attached hydrogens (tertiary/aromatic N) is 4. The Balaban J connectivity index is 1.56. The fraction of sp³-hybridized carbons (Fsp3) is 0.261. The maximum atomic E-state index is 13.7. The van der Waals surface area contributed by atoms with Gasteiger partial charge in [0.15, 0.2) is 0 Å². The summed E-state index contributed by atoms with van der Waals surface area (Å²) in [7, 11) is 0. The zero-order valence-corrected chi connectivity index (χ0v) is 18.3. The summed E-state index contributed by atoms with van der Waals surface area (Å²) < 4.78 is 41.5. The SMILES string of the molecule is CC1(c2nc3cc(Cl)c(C(F)(F)F)cc3[nH]2)CCCN1C(=O)c1ccccc1-n1cccn1. The standard InChI is InChI=1S/C23H19ClF3N5O/c1-22(21-29-17-12-15(23(25,26)27)16(24)13-18(17)30-21)8-4-10-31(22)20(33)14-6-2-3-7-19(14)32-11-5-9-28-32/h2-3,5-7,9,11-13H,4,8,10H2,1H3,(H,29,30). The number of rotatable bonds is 3. The normalized spacial score (nSPS) is 18.9. The van der Waals surface area contributed by atoms with Crippen molar-refractivity contribution < 1.29 is 18.0 Å². The molecule has 1 N–H and O–H groups in total. The summed E-state index contributed by atoms with van der Waals surface area (Å²) in [5, 5.41) is 3.83. The van der Waals surface area contributed by atoms with Crippen LogP contribution in [0.5, 0.6) is 0 Å². The van der Waals surface area contributed by atoms with E-state index in [1.165, 1.54) is 6.07 Å². The fourth-order valence-corrected chi connectivity index (χ4v) is 4.71. The lowest BCUT2D eigenvalue weighted by molar-refractivity contribution is -0.137. The van der Waals surface area contributed by atoms with Crippen LogP contribution in [0.3, 0.4) is 0 Å². The van der Waals surface area contributed by atoms with E-state index >= 15 is 0 Å². The molecule has 2 aromatic carbocycles. The number of para-hydroxylation sites is 1. The second-order valence-corrected chi connectivity index (χ2v) is 8.64. The first kappa shape index (κ1) is 21.5. The molecule has 1 unspecified atom stereocenters. The Morgan fingerprint density at radius 3 is 2.73 bits per heavy atom. The molecule has 6 nitrogen and oxygen atoms in total. The highest BCUT2D eigenvalue weighted by molar-refractivity contribution is 6.32. The van der Waals surface area contributed by atoms with Gasteiger partial charge in [0.1, 0.15) is 5.82 Å². The number of fused-ring (bicyclic) bond motifs is 1. The molecule has 1 aliphatic heterocycles. The molecule has 10 heteroatoms. The van der Waals surface area contributed by atoms with Crippen molar-refractivity contribution in [1.82, 2.24) is 24.6 Å². The molecule has 2 aromatic heterocycles. The van der Waals surface area contributed by atoms with E-state index in [2.05, 4.69) is 15.1 Å². The number of H-pyrrole nitrogens is 1. The molecule has 0 spiro atoms. The molecule has 33 heavy (non-hydrogen) atoms. The fourth-order valence-electron chi connectivity index (χ4n) is 4.45. The van der Waals surface area contributed by atoms with Gasteiger partial charge in [0.05, 0.1) is 38.4 Å². The molecule has 1 saturated heterocycles. The predicted octanol–water partition coefficient (Wildman–Crippen LogP) is 5.57. The quantitative estimate of drug-likeness (QED) is 0.423. The van der Waals surface area contributed by atoms with Crippen LogP contribution in [0, 0.1) is 0 Å². The van der Waals surface area contributed by atoms with Crippen molar-refractivity contribution >= 4 is 28.5 Å². The van der Waals surface area contributed by atoms with Crippen molar-refractivity contribution in [3.63, 3.8) is 0 Å². The van der Waals surface area contributed by atoms with Gasteiger partial charge in [-0.05, 0) is 50.1 Å². The van der Waals surface area contributed by atoms with Gasteiger partial charge in [-0.1, -0.05) is 23.7 Å². The monoisotopic (exact) mass is 473 g/mol. The lowest BCUT2D eigenvalue weighted by Gasteiger charge is -2.34. The summed E-state index contributed by atoms with van der Waals surface area (Å²) in [6.45, 7) is 2.37. The van der Waals surface area contributed by atoms with E-state index in [-0.39, 0.29) is 11.4 Å². The summed E-state index contributed by atoms with van der Waals surface area (Å²) in [5.74, 6) is 0.228. The van der Waals surface area contributed by atoms with E-state index in [9.17, 15) is 18.0 Å². The Bertz CT molecular complexity index is 1350. The number of aromatic amines is 1. The lowest BCUT2D eigenvalue weighted by atomic mass is 9.97. The summed E-state index contributed by atoms with van der Waals surface area (Å²) in [4.78, 5) is 22.9. The first-order chi connectivity index (χ1) is 15.7. The molecule has 170 valence electrons. The lowest BCUT2D eigenvalue weighted by Crippen LogP contribution is -2.44. The van der Waals surface area contributed by atoms with E-state index in [1.807, 2.05) is 19.1 Å². The molecule has 1 fully saturated rings. The van der Waals surface area contributed by atoms with Crippen molar-refractivity contribution in [2.75, 3.05) is 6.54 Å². The number of hydrogen-bond donors (Lipinski definition) is 1. The minimum absolute atomic E-state index is 0.199. The molecule has 1 amide bonds. The van der Waals surface area contributed by atoms with Crippen LogP contribution in [-0.2, 0) is 11.7 Å². The average molecular weight is 474 g/mol. The highest BCUT2D eigenvalue weighted by Gasteiger charge is 2.44. The zero-order chi connectivity index (χ0) is 23.4. The van der Waals surface area contributed by atoms with E-state index in [0.717, 1.165) is 12.5 Å². The number of carbonyl (C=O) groups is 1. The topological polar surface area (TPSA) is 66.8 Å². The van der Waals surface area contributed by atoms with Crippen LogP contribution in [0.25, 0.3) is 16.7 Å². The van der Waals surface area contributed by atoms with Crippen molar-refractivity contribution in [1.29, 1.82) is 0 Å². The van der Waals surface area contributed by atoms with Crippen LogP contribution in [0.1, 0.15) is 41.5 Å². The van der Waals surface area contributed by atoms with Gasteiger partial charge in [0.2, 0.25) is 0 Å². The van der Waals surface area contributed by atoms with Crippen molar-refractivity contribution in [3.8, 4) is 5.69 Å². The molecule has 1 atom stereocenters. The second-order valence-electron chi connectivity index (χ2n) is 8.23. The van der Waals surface area contributed by atoms with E-state index in [1.54, 1.807) is 40.2 Å². The van der Waals surface area contributed by atoms with Gasteiger partial charge < -0.3 is 9.88 Å². The van der Waals surface area contributed by atoms with E-state index < -0.39 is 22.3 Å². The van der Waals surface area contributed by atoms with E-state index in [0.29, 0.717) is 35.6 Å². The number of aromatic nitrogens is 4. The third kappa shape index (κ3) is 3.56. The second kappa shape index (κ2) is 7.62. The van der Waals surface area contributed by atoms with Gasteiger partial charge >= 0.3 is 6.18 Å². The average Bonchev–Trinajstić information content (AvgIpc) is 3.52. The molecule has 0 radical (unpaired) electrons. The van der Waals surface area contributed by atoms with Crippen LogP contribution >= 0.6 is 11.6 Å². The number of carbonyl (C=O) groups excluding carboxylic acids is 1. The van der Waals surface area contributed by atoms with E-state index in [4.69, 9.17) is 11.6 Å². The van der Waals surface area contributed by atoms with Gasteiger partial charge in [0.25, 0.3) is 5.91 Å². The first-order valence-electron chi connectivity index (χ1n) is 10.4. The summed E-state index contributed by atoms with van der Waals surface area (Å²) in [6, 6.07) is 11.1. The molecular weight excluding hydrogens is 455 g/mol. The third-order valence-corrected chi connectivity index (χ3v) is 6.47. The van der Waals surface area contributed by atoms with Crippen molar-refractivity contribution in [2.24, 2.45) is 0 Å². The number of alkyl halides is 3. The number of amides is 1. The minimum Gasteiger partial charge on any atom is -0.340 e. The van der Waals surface area contributed by atoms with Gasteiger partial charge in [-0.25, -0.2) is 9.67 Å². The van der Waals surface area contributed by atoms with Gasteiger partial charge in [-0.2, -0.15) is 18.3 Å². The molecule has 0 saturated carbocycles. The Hall–Kier alpha value is -3.33. The summed E-state index contributed by atoms with van der Waals surface area (Å²) in [5.41, 5.74) is -0.0805. The molecule has 0 bridgehead atoms. The van der Waals surface area contributed by atoms with Crippen LogP contribution < -0.4 is 0 Å². The van der Waals surface area contributed by atoms with Gasteiger partial charge in [-0.3, -0.25) is 4.79 Å². The highest BCUT2D eigenvalue weighted by Crippen LogP contribution is 2.41. The van der Waals surface area contributed by atoms with Crippen molar-refractivity contribution in [2.45, 2.75) is 31.5 Å². The molecular formula is C23H19ClF3N5O. The molecule has 3 heterocycles. The number of halogens is 4. The van der Waals surface area contributed by atoms with Crippen LogP contribution in [-0.4, -0.2) is 37.1 Å². The Morgan fingerprint density at radius 2 is 2.00 bits per heavy atom. The first-order valence-corrected chi connectivity index (χ1v) is 10.7. The maximum absolute atomic E-state index is 13.7. The smallest absolute Gasteiger partial charge is 0.340 e. The summed E-state index contributed by atoms with van der Waals surface area (Å²) >= 11 is 5.87. The molecule has 1 aliphatic rings. The van der Waals surface area contributed by atoms with Gasteiger partial charge in [-0.15, -0.1) is 0 Å². The molecule has 4 aromatic rings. The largest absolute Gasteiger partial charge is 0.417 e. The number of nitrogens with one attached hydrogen (secondary N) is 1. The Kier molecular flexibility index (Phi) is 4.97. The van der Waals surface area contributed by atoms with Crippen molar-refractivity contribution in [3.05, 3.63) is 76.8 Å². The highest BCUT2D eigenvalue weighted by atomic mass is 35.5. The van der Waals surface area contributed by atoms with Gasteiger partial charge in [0, 0.05) is 18.9 Å². The minimum atomic E-state index is -4.58. The van der Waals surface area contributed by atoms with Crippen LogP contribution in [0.4, 0.5) is 13.2 Å². The number of likely N-dealkylation sites (tertiary alicyclic amines) is 1. The van der Waals surface area contributed by atoms with Crippen LogP contribution in [0.15, 0.2) is 54.9 Å². The molecule has 0 aliphatic carbocycles. The maximum Gasteiger partial charge on any atom is 0.417 e. The van der Waals surface area contributed by atoms with Crippen LogP contribution in [0.2, 0.25) is 5.02 Å². The number of imidazole rings is 1. The Morgan fingerprint density at radius 1 is 1.21 bits per heavy atom. The predicted molar refractivity (Wildman–Crippen MR) is 117 cm³/mol. The zero-order valence-electron chi connectivity index (χ0n) is 17.5.